The van der Waals surface area contributed by atoms with Gasteiger partial charge in [-0.2, -0.15) is 15.1 Å². The predicted octanol–water partition coefficient (Wildman–Crippen LogP) is 4.51. The number of rotatable bonds is 5. The normalized spacial score (nSPS) is 10.8. The lowest BCUT2D eigenvalue weighted by molar-refractivity contribution is 1.04. The lowest BCUT2D eigenvalue weighted by Crippen LogP contribution is -1.91. The van der Waals surface area contributed by atoms with E-state index in [9.17, 15) is 4.91 Å². The molecule has 2 aromatic rings. The van der Waals surface area contributed by atoms with Gasteiger partial charge < -0.3 is 5.73 Å². The fourth-order valence-corrected chi connectivity index (χ4v) is 1.88. The van der Waals surface area contributed by atoms with Gasteiger partial charge in [-0.25, -0.2) is 0 Å². The highest BCUT2D eigenvalue weighted by molar-refractivity contribution is 5.55. The van der Waals surface area contributed by atoms with E-state index in [0.29, 0.717) is 5.69 Å². The Morgan fingerprint density at radius 3 is 2.60 bits per heavy atom. The number of hydrogen-bond donors (Lipinski definition) is 1. The molecule has 0 spiro atoms. The molecule has 20 heavy (non-hydrogen) atoms. The van der Waals surface area contributed by atoms with Gasteiger partial charge in [0.2, 0.25) is 0 Å². The van der Waals surface area contributed by atoms with Gasteiger partial charge in [0.25, 0.3) is 0 Å². The van der Waals surface area contributed by atoms with Crippen molar-refractivity contribution in [2.24, 2.45) is 15.4 Å². The molecule has 0 aromatic heterocycles. The minimum absolute atomic E-state index is 0.0944. The van der Waals surface area contributed by atoms with Crippen LogP contribution in [0.5, 0.6) is 0 Å². The third kappa shape index (κ3) is 3.26. The predicted molar refractivity (Wildman–Crippen MR) is 80.3 cm³/mol. The summed E-state index contributed by atoms with van der Waals surface area (Å²) < 4.78 is 0. The van der Waals surface area contributed by atoms with Crippen LogP contribution in [-0.2, 0) is 13.0 Å². The van der Waals surface area contributed by atoms with E-state index >= 15 is 0 Å². The zero-order valence-corrected chi connectivity index (χ0v) is 11.3. The largest absolute Gasteiger partial charge is 0.399 e. The number of nitrogens with zero attached hydrogens (tertiary/aromatic N) is 3. The van der Waals surface area contributed by atoms with Gasteiger partial charge in [0.15, 0.2) is 0 Å². The topological polar surface area (TPSA) is 80.2 Å². The van der Waals surface area contributed by atoms with Crippen molar-refractivity contribution in [1.29, 1.82) is 0 Å². The molecular weight excluding hydrogens is 252 g/mol. The first-order valence-corrected chi connectivity index (χ1v) is 6.41. The van der Waals surface area contributed by atoms with Gasteiger partial charge in [-0.1, -0.05) is 30.3 Å². The van der Waals surface area contributed by atoms with Gasteiger partial charge in [-0.15, -0.1) is 0 Å². The lowest BCUT2D eigenvalue weighted by atomic mass is 10.1. The molecule has 102 valence electrons. The molecule has 0 saturated heterocycles. The van der Waals surface area contributed by atoms with Crippen LogP contribution in [0.15, 0.2) is 57.9 Å². The summed E-state index contributed by atoms with van der Waals surface area (Å²) in [5.74, 6) is 0. The second-order valence-corrected chi connectivity index (χ2v) is 4.35. The Bertz CT molecular complexity index is 638. The van der Waals surface area contributed by atoms with Crippen LogP contribution in [-0.4, -0.2) is 0 Å². The van der Waals surface area contributed by atoms with Gasteiger partial charge in [0.1, 0.15) is 6.54 Å². The van der Waals surface area contributed by atoms with E-state index in [2.05, 4.69) is 15.4 Å². The molecule has 0 aliphatic rings. The number of nitroso groups, excluding NO2 is 1. The molecule has 0 unspecified atom stereocenters. The Morgan fingerprint density at radius 1 is 1.05 bits per heavy atom. The molecule has 2 aromatic carbocycles. The van der Waals surface area contributed by atoms with Crippen LogP contribution >= 0.6 is 0 Å². The van der Waals surface area contributed by atoms with Crippen molar-refractivity contribution in [3.8, 4) is 0 Å². The van der Waals surface area contributed by atoms with Gasteiger partial charge in [-0.3, -0.25) is 0 Å². The van der Waals surface area contributed by atoms with E-state index in [1.165, 1.54) is 0 Å². The van der Waals surface area contributed by atoms with Crippen LogP contribution in [0.3, 0.4) is 0 Å². The standard InChI is InChI=1S/C15H16N4O/c1-2-11-9-13(7-8-14(11)16)18-19-15-6-4-3-5-12(15)10-17-20/h3-9H,2,10,16H2,1H3/b19-18+. The molecule has 0 amide bonds. The van der Waals surface area contributed by atoms with Gasteiger partial charge >= 0.3 is 0 Å². The van der Waals surface area contributed by atoms with Crippen LogP contribution < -0.4 is 5.73 Å². The molecule has 0 bridgehead atoms. The Labute approximate surface area is 117 Å². The minimum atomic E-state index is 0.0944. The molecule has 0 atom stereocenters. The van der Waals surface area contributed by atoms with Crippen LogP contribution in [0.25, 0.3) is 0 Å². The van der Waals surface area contributed by atoms with Crippen LogP contribution in [0, 0.1) is 4.91 Å². The van der Waals surface area contributed by atoms with Gasteiger partial charge in [-0.05, 0) is 36.2 Å². The first kappa shape index (κ1) is 13.9. The Morgan fingerprint density at radius 2 is 1.85 bits per heavy atom. The minimum Gasteiger partial charge on any atom is -0.399 e. The van der Waals surface area contributed by atoms with E-state index in [4.69, 9.17) is 5.73 Å². The summed E-state index contributed by atoms with van der Waals surface area (Å²) in [4.78, 5) is 10.4. The smallest absolute Gasteiger partial charge is 0.108 e. The van der Waals surface area contributed by atoms with Crippen molar-refractivity contribution >= 4 is 17.1 Å². The van der Waals surface area contributed by atoms with Crippen molar-refractivity contribution in [2.45, 2.75) is 19.9 Å². The highest BCUT2D eigenvalue weighted by atomic mass is 16.3. The summed E-state index contributed by atoms with van der Waals surface area (Å²) >= 11 is 0. The SMILES string of the molecule is CCc1cc(/N=N/c2ccccc2CN=O)ccc1N. The summed E-state index contributed by atoms with van der Waals surface area (Å²) in [6.45, 7) is 2.13. The summed E-state index contributed by atoms with van der Waals surface area (Å²) in [6.07, 6.45) is 0.848. The molecule has 5 nitrogen and oxygen atoms in total. The Kier molecular flexibility index (Phi) is 4.55. The first-order valence-electron chi connectivity index (χ1n) is 6.41. The molecule has 0 fully saturated rings. The molecule has 0 heterocycles. The van der Waals surface area contributed by atoms with E-state index in [1.54, 1.807) is 0 Å². The maximum Gasteiger partial charge on any atom is 0.108 e. The molecule has 2 N–H and O–H groups in total. The summed E-state index contributed by atoms with van der Waals surface area (Å²) in [5, 5.41) is 11.3. The highest BCUT2D eigenvalue weighted by Crippen LogP contribution is 2.25. The van der Waals surface area contributed by atoms with Crippen LogP contribution in [0.4, 0.5) is 17.1 Å². The van der Waals surface area contributed by atoms with E-state index < -0.39 is 0 Å². The average Bonchev–Trinajstić information content (AvgIpc) is 2.48. The summed E-state index contributed by atoms with van der Waals surface area (Å²) in [7, 11) is 0. The number of aryl methyl sites for hydroxylation is 1. The fourth-order valence-electron chi connectivity index (χ4n) is 1.88. The van der Waals surface area contributed by atoms with Crippen molar-refractivity contribution in [1.82, 2.24) is 0 Å². The maximum atomic E-state index is 10.4. The molecule has 0 aliphatic heterocycles. The van der Waals surface area contributed by atoms with E-state index in [1.807, 2.05) is 49.4 Å². The van der Waals surface area contributed by atoms with Crippen molar-refractivity contribution < 1.29 is 0 Å². The second-order valence-electron chi connectivity index (χ2n) is 4.35. The Hall–Kier alpha value is -2.56. The monoisotopic (exact) mass is 268 g/mol. The maximum absolute atomic E-state index is 10.4. The number of hydrogen-bond acceptors (Lipinski definition) is 5. The molecule has 0 radical (unpaired) electrons. The lowest BCUT2D eigenvalue weighted by Gasteiger charge is -2.03. The van der Waals surface area contributed by atoms with Crippen molar-refractivity contribution in [3.63, 3.8) is 0 Å². The van der Waals surface area contributed by atoms with E-state index in [-0.39, 0.29) is 6.54 Å². The van der Waals surface area contributed by atoms with Gasteiger partial charge in [0, 0.05) is 11.3 Å². The molecular formula is C15H16N4O. The van der Waals surface area contributed by atoms with Crippen LogP contribution in [0.1, 0.15) is 18.1 Å². The number of nitrogens with two attached hydrogens (primary N) is 1. The van der Waals surface area contributed by atoms with E-state index in [0.717, 1.165) is 28.9 Å². The van der Waals surface area contributed by atoms with Crippen molar-refractivity contribution in [2.75, 3.05) is 5.73 Å². The van der Waals surface area contributed by atoms with Crippen LogP contribution in [0.2, 0.25) is 0 Å². The second kappa shape index (κ2) is 6.56. The summed E-state index contributed by atoms with van der Waals surface area (Å²) in [5.41, 5.74) is 9.82. The number of nitrogen functional groups attached to an aromatic ring is 1. The van der Waals surface area contributed by atoms with Gasteiger partial charge in [0.05, 0.1) is 11.4 Å². The number of anilines is 1. The zero-order valence-electron chi connectivity index (χ0n) is 11.3. The third-order valence-corrected chi connectivity index (χ3v) is 3.01. The van der Waals surface area contributed by atoms with Crippen molar-refractivity contribution in [3.05, 3.63) is 58.5 Å². The fraction of sp³-hybridized carbons (Fsp3) is 0.200. The first-order chi connectivity index (χ1) is 9.74. The quantitative estimate of drug-likeness (QED) is 0.491. The summed E-state index contributed by atoms with van der Waals surface area (Å²) in [6, 6.07) is 12.9. The molecule has 5 heteroatoms. The molecule has 0 aliphatic carbocycles. The highest BCUT2D eigenvalue weighted by Gasteiger charge is 2.01. The third-order valence-electron chi connectivity index (χ3n) is 3.01. The number of benzene rings is 2. The average molecular weight is 268 g/mol. The zero-order chi connectivity index (χ0) is 14.4. The Balaban J connectivity index is 2.27. The molecule has 2 rings (SSSR count). The number of azo groups is 1. The molecule has 0 saturated carbocycles.